The monoisotopic (exact) mass is 373 g/mol. The highest BCUT2D eigenvalue weighted by molar-refractivity contribution is 7.09. The summed E-state index contributed by atoms with van der Waals surface area (Å²) in [6, 6.07) is 7.49. The summed E-state index contributed by atoms with van der Waals surface area (Å²) in [6.45, 7) is 3.81. The average Bonchev–Trinajstić information content (AvgIpc) is 3.31. The van der Waals surface area contributed by atoms with Crippen LogP contribution < -0.4 is 0 Å². The summed E-state index contributed by atoms with van der Waals surface area (Å²) >= 11 is 1.60. The summed E-state index contributed by atoms with van der Waals surface area (Å²) in [4.78, 5) is 16.9. The lowest BCUT2D eigenvalue weighted by molar-refractivity contribution is -0.183. The van der Waals surface area contributed by atoms with Crippen molar-refractivity contribution in [2.24, 2.45) is 5.92 Å². The number of aryl methyl sites for hydroxylation is 1. The Bertz CT molecular complexity index is 772. The number of hydrogen-bond donors (Lipinski definition) is 0. The molecule has 0 bridgehead atoms. The number of hydrogen-bond acceptors (Lipinski definition) is 6. The lowest BCUT2D eigenvalue weighted by Crippen LogP contribution is -2.36. The van der Waals surface area contributed by atoms with Gasteiger partial charge in [0, 0.05) is 23.8 Å². The van der Waals surface area contributed by atoms with Gasteiger partial charge in [-0.15, -0.1) is 11.3 Å². The molecule has 1 saturated carbocycles. The second-order valence-electron chi connectivity index (χ2n) is 6.98. The van der Waals surface area contributed by atoms with Crippen LogP contribution in [0.3, 0.4) is 0 Å². The molecule has 1 aromatic heterocycles. The highest BCUT2D eigenvalue weighted by Gasteiger charge is 2.40. The van der Waals surface area contributed by atoms with Crippen LogP contribution in [0.2, 0.25) is 0 Å². The molecule has 0 N–H and O–H groups in total. The summed E-state index contributed by atoms with van der Waals surface area (Å²) in [6.07, 6.45) is 3.69. The first kappa shape index (κ1) is 17.6. The first-order valence-electron chi connectivity index (χ1n) is 9.11. The zero-order chi connectivity index (χ0) is 18.0. The van der Waals surface area contributed by atoms with Gasteiger partial charge in [0.1, 0.15) is 0 Å². The first-order chi connectivity index (χ1) is 12.6. The number of aromatic nitrogens is 1. The van der Waals surface area contributed by atoms with Gasteiger partial charge in [-0.2, -0.15) is 0 Å². The van der Waals surface area contributed by atoms with E-state index in [2.05, 4.69) is 4.98 Å². The summed E-state index contributed by atoms with van der Waals surface area (Å²) in [5.41, 5.74) is 2.41. The van der Waals surface area contributed by atoms with Gasteiger partial charge in [0.2, 0.25) is 0 Å². The van der Waals surface area contributed by atoms with Gasteiger partial charge in [-0.25, -0.2) is 9.78 Å². The van der Waals surface area contributed by atoms with Crippen LogP contribution in [-0.2, 0) is 14.2 Å². The van der Waals surface area contributed by atoms with Crippen molar-refractivity contribution in [2.75, 3.05) is 19.8 Å². The van der Waals surface area contributed by atoms with Crippen molar-refractivity contribution in [3.63, 3.8) is 0 Å². The molecule has 5 nitrogen and oxygen atoms in total. The van der Waals surface area contributed by atoms with Crippen molar-refractivity contribution < 1.29 is 19.0 Å². The molecule has 6 heteroatoms. The molecule has 0 unspecified atom stereocenters. The minimum absolute atomic E-state index is 0.271. The lowest BCUT2D eigenvalue weighted by Gasteiger charge is -2.35. The molecule has 0 amide bonds. The van der Waals surface area contributed by atoms with Crippen molar-refractivity contribution in [2.45, 2.75) is 38.4 Å². The molecule has 2 aliphatic rings. The number of benzene rings is 1. The van der Waals surface area contributed by atoms with Crippen LogP contribution in [0.25, 0.3) is 11.3 Å². The molecular weight excluding hydrogens is 350 g/mol. The Morgan fingerprint density at radius 2 is 2.08 bits per heavy atom. The van der Waals surface area contributed by atoms with E-state index in [0.717, 1.165) is 41.9 Å². The van der Waals surface area contributed by atoms with E-state index in [0.29, 0.717) is 31.3 Å². The molecule has 2 fully saturated rings. The van der Waals surface area contributed by atoms with Crippen molar-refractivity contribution in [1.82, 2.24) is 4.98 Å². The fourth-order valence-electron chi connectivity index (χ4n) is 3.65. The summed E-state index contributed by atoms with van der Waals surface area (Å²) < 4.78 is 17.1. The van der Waals surface area contributed by atoms with Gasteiger partial charge in [-0.05, 0) is 37.8 Å². The molecular formula is C20H23NO4S. The Kier molecular flexibility index (Phi) is 5.07. The minimum Gasteiger partial charge on any atom is -0.462 e. The molecule has 2 aromatic rings. The van der Waals surface area contributed by atoms with Crippen LogP contribution in [0.5, 0.6) is 0 Å². The van der Waals surface area contributed by atoms with Gasteiger partial charge in [0.05, 0.1) is 36.1 Å². The Morgan fingerprint density at radius 1 is 1.31 bits per heavy atom. The number of ether oxygens (including phenoxy) is 3. The van der Waals surface area contributed by atoms with E-state index < -0.39 is 0 Å². The Morgan fingerprint density at radius 3 is 2.77 bits per heavy atom. The minimum atomic E-state index is -0.361. The van der Waals surface area contributed by atoms with Crippen molar-refractivity contribution >= 4 is 17.3 Å². The van der Waals surface area contributed by atoms with Gasteiger partial charge in [0.15, 0.2) is 5.79 Å². The molecule has 1 aliphatic carbocycles. The number of thiazole rings is 1. The van der Waals surface area contributed by atoms with Crippen LogP contribution >= 0.6 is 11.3 Å². The van der Waals surface area contributed by atoms with E-state index in [1.54, 1.807) is 17.4 Å². The Hall–Kier alpha value is -1.76. The smallest absolute Gasteiger partial charge is 0.338 e. The summed E-state index contributed by atoms with van der Waals surface area (Å²) in [5.74, 6) is -0.255. The maximum absolute atomic E-state index is 12.4. The maximum atomic E-state index is 12.4. The van der Waals surface area contributed by atoms with E-state index in [-0.39, 0.29) is 11.8 Å². The normalized spacial score (nSPS) is 19.7. The number of rotatable bonds is 4. The van der Waals surface area contributed by atoms with E-state index in [9.17, 15) is 4.79 Å². The zero-order valence-corrected chi connectivity index (χ0v) is 15.7. The quantitative estimate of drug-likeness (QED) is 0.752. The fraction of sp³-hybridized carbons (Fsp3) is 0.500. The number of nitrogens with zero attached hydrogens (tertiary/aromatic N) is 1. The van der Waals surface area contributed by atoms with Gasteiger partial charge >= 0.3 is 5.97 Å². The molecule has 1 aromatic carbocycles. The molecule has 1 spiro atoms. The number of carbonyl (C=O) groups is 1. The molecule has 1 saturated heterocycles. The molecule has 138 valence electrons. The third-order valence-electron chi connectivity index (χ3n) is 5.14. The lowest BCUT2D eigenvalue weighted by atomic mass is 9.85. The molecule has 26 heavy (non-hydrogen) atoms. The Balaban J connectivity index is 1.32. The van der Waals surface area contributed by atoms with Gasteiger partial charge < -0.3 is 14.2 Å². The van der Waals surface area contributed by atoms with Crippen LogP contribution in [0.15, 0.2) is 29.6 Å². The van der Waals surface area contributed by atoms with Crippen LogP contribution in [-0.4, -0.2) is 36.6 Å². The standard InChI is InChI=1S/C20H23NO4S/c1-14-21-18(13-26-14)16-3-2-4-17(11-16)19(22)23-12-15-5-7-20(8-6-15)24-9-10-25-20/h2-4,11,13,15H,5-10,12H2,1H3. The topological polar surface area (TPSA) is 57.7 Å². The Labute approximate surface area is 157 Å². The third-order valence-corrected chi connectivity index (χ3v) is 5.92. The zero-order valence-electron chi connectivity index (χ0n) is 14.9. The van der Waals surface area contributed by atoms with Gasteiger partial charge in [-0.3, -0.25) is 0 Å². The molecule has 0 atom stereocenters. The van der Waals surface area contributed by atoms with E-state index in [1.165, 1.54) is 0 Å². The highest BCUT2D eigenvalue weighted by atomic mass is 32.1. The molecule has 0 radical (unpaired) electrons. The van der Waals surface area contributed by atoms with Crippen molar-refractivity contribution in [3.8, 4) is 11.3 Å². The average molecular weight is 373 g/mol. The molecule has 2 heterocycles. The van der Waals surface area contributed by atoms with E-state index in [4.69, 9.17) is 14.2 Å². The van der Waals surface area contributed by atoms with Crippen molar-refractivity contribution in [3.05, 3.63) is 40.2 Å². The van der Waals surface area contributed by atoms with Gasteiger partial charge in [0.25, 0.3) is 0 Å². The second-order valence-corrected chi connectivity index (χ2v) is 8.04. The van der Waals surface area contributed by atoms with Crippen LogP contribution in [0.1, 0.15) is 41.0 Å². The predicted molar refractivity (Wildman–Crippen MR) is 99.2 cm³/mol. The van der Waals surface area contributed by atoms with Crippen LogP contribution in [0.4, 0.5) is 0 Å². The fourth-order valence-corrected chi connectivity index (χ4v) is 4.27. The number of carbonyl (C=O) groups excluding carboxylic acids is 1. The molecule has 4 rings (SSSR count). The maximum Gasteiger partial charge on any atom is 0.338 e. The van der Waals surface area contributed by atoms with E-state index in [1.807, 2.05) is 30.5 Å². The second kappa shape index (κ2) is 7.47. The SMILES string of the molecule is Cc1nc(-c2cccc(C(=O)OCC3CCC4(CC3)OCCO4)c2)cs1. The van der Waals surface area contributed by atoms with Gasteiger partial charge in [-0.1, -0.05) is 12.1 Å². The van der Waals surface area contributed by atoms with Crippen LogP contribution in [0, 0.1) is 12.8 Å². The third kappa shape index (κ3) is 3.82. The first-order valence-corrected chi connectivity index (χ1v) is 9.99. The summed E-state index contributed by atoms with van der Waals surface area (Å²) in [7, 11) is 0. The predicted octanol–water partition coefficient (Wildman–Crippen LogP) is 4.21. The van der Waals surface area contributed by atoms with Crippen molar-refractivity contribution in [1.29, 1.82) is 0 Å². The molecule has 1 aliphatic heterocycles. The largest absolute Gasteiger partial charge is 0.462 e. The highest BCUT2D eigenvalue weighted by Crippen LogP contribution is 2.38. The number of esters is 1. The van der Waals surface area contributed by atoms with E-state index >= 15 is 0 Å². The summed E-state index contributed by atoms with van der Waals surface area (Å²) in [5, 5.41) is 3.02.